The van der Waals surface area contributed by atoms with E-state index in [9.17, 15) is 4.79 Å². The molecular weight excluding hydrogens is 382 g/mol. The van der Waals surface area contributed by atoms with Crippen molar-refractivity contribution in [2.75, 3.05) is 38.3 Å². The average molecular weight is 402 g/mol. The van der Waals surface area contributed by atoms with Gasteiger partial charge in [-0.25, -0.2) is 4.79 Å². The maximum Gasteiger partial charge on any atom is 0.339 e. The van der Waals surface area contributed by atoms with Crippen LogP contribution in [0, 0.1) is 6.92 Å². The fraction of sp³-hybridized carbons (Fsp3) is 0.286. The molecule has 1 aliphatic heterocycles. The highest BCUT2D eigenvalue weighted by Gasteiger charge is 2.21. The smallest absolute Gasteiger partial charge is 0.339 e. The summed E-state index contributed by atoms with van der Waals surface area (Å²) in [5.74, 6) is -0.321. The third-order valence-corrected chi connectivity index (χ3v) is 6.17. The van der Waals surface area contributed by atoms with Gasteiger partial charge in [-0.3, -0.25) is 0 Å². The van der Waals surface area contributed by atoms with E-state index in [1.165, 1.54) is 12.0 Å². The van der Waals surface area contributed by atoms with Crippen molar-refractivity contribution in [3.05, 3.63) is 51.9 Å². The summed E-state index contributed by atoms with van der Waals surface area (Å²) in [6.45, 7) is 4.96. The third-order valence-electron chi connectivity index (χ3n) is 4.87. The molecule has 4 rings (SSSR count). The van der Waals surface area contributed by atoms with Crippen molar-refractivity contribution in [1.29, 1.82) is 0 Å². The zero-order valence-corrected chi connectivity index (χ0v) is 16.8. The molecule has 0 aliphatic carbocycles. The predicted octanol–water partition coefficient (Wildman–Crippen LogP) is 5.15. The highest BCUT2D eigenvalue weighted by Crippen LogP contribution is 2.40. The Bertz CT molecular complexity index is 1010. The van der Waals surface area contributed by atoms with Gasteiger partial charge in [0.25, 0.3) is 0 Å². The van der Waals surface area contributed by atoms with Crippen molar-refractivity contribution < 1.29 is 14.3 Å². The van der Waals surface area contributed by atoms with Crippen LogP contribution in [-0.4, -0.2) is 39.4 Å². The van der Waals surface area contributed by atoms with E-state index >= 15 is 0 Å². The second kappa shape index (κ2) is 7.50. The highest BCUT2D eigenvalue weighted by molar-refractivity contribution is 7.19. The molecule has 0 atom stereocenters. The van der Waals surface area contributed by atoms with Crippen molar-refractivity contribution in [2.45, 2.75) is 6.92 Å². The molecule has 1 fully saturated rings. The minimum atomic E-state index is -0.321. The predicted molar refractivity (Wildman–Crippen MR) is 111 cm³/mol. The van der Waals surface area contributed by atoms with Crippen LogP contribution in [0.25, 0.3) is 21.2 Å². The van der Waals surface area contributed by atoms with Gasteiger partial charge in [0.1, 0.15) is 0 Å². The Morgan fingerprint density at radius 2 is 1.96 bits per heavy atom. The number of nitrogens with zero attached hydrogens (tertiary/aromatic N) is 1. The quantitative estimate of drug-likeness (QED) is 0.568. The van der Waals surface area contributed by atoms with E-state index in [4.69, 9.17) is 21.1 Å². The zero-order valence-electron chi connectivity index (χ0n) is 15.3. The van der Waals surface area contributed by atoms with Crippen LogP contribution >= 0.6 is 22.9 Å². The van der Waals surface area contributed by atoms with Gasteiger partial charge in [0.2, 0.25) is 0 Å². The van der Waals surface area contributed by atoms with Crippen molar-refractivity contribution in [2.24, 2.45) is 0 Å². The topological polar surface area (TPSA) is 38.8 Å². The van der Waals surface area contributed by atoms with E-state index in [1.807, 2.05) is 30.3 Å². The summed E-state index contributed by atoms with van der Waals surface area (Å²) in [4.78, 5) is 15.9. The van der Waals surface area contributed by atoms with Crippen LogP contribution in [0.4, 0.5) is 5.69 Å². The maximum atomic E-state index is 12.5. The first-order chi connectivity index (χ1) is 13.1. The minimum Gasteiger partial charge on any atom is -0.465 e. The molecule has 2 heterocycles. The molecule has 140 valence electrons. The summed E-state index contributed by atoms with van der Waals surface area (Å²) >= 11 is 7.86. The number of aryl methyl sites for hydroxylation is 1. The second-order valence-electron chi connectivity index (χ2n) is 6.50. The van der Waals surface area contributed by atoms with Gasteiger partial charge in [-0.15, -0.1) is 11.3 Å². The number of thiophene rings is 1. The van der Waals surface area contributed by atoms with Crippen molar-refractivity contribution in [3.8, 4) is 11.1 Å². The molecule has 6 heteroatoms. The molecule has 4 nitrogen and oxygen atoms in total. The number of halogens is 1. The standard InChI is InChI=1S/C21H20ClNO3S/c1-13-20(16-5-4-15(22)12-19(16)27-13)14-3-6-18(17(11-14)21(24)25-2)23-7-9-26-10-8-23/h3-6,11-12H,7-10H2,1-2H3. The van der Waals surface area contributed by atoms with Crippen molar-refractivity contribution >= 4 is 44.7 Å². The molecule has 1 saturated heterocycles. The fourth-order valence-electron chi connectivity index (χ4n) is 3.60. The first-order valence-electron chi connectivity index (χ1n) is 8.82. The highest BCUT2D eigenvalue weighted by atomic mass is 35.5. The van der Waals surface area contributed by atoms with Gasteiger partial charge < -0.3 is 14.4 Å². The Kier molecular flexibility index (Phi) is 5.08. The van der Waals surface area contributed by atoms with E-state index in [-0.39, 0.29) is 5.97 Å². The normalized spacial score (nSPS) is 14.6. The van der Waals surface area contributed by atoms with E-state index < -0.39 is 0 Å². The molecule has 0 radical (unpaired) electrons. The first kappa shape index (κ1) is 18.3. The van der Waals surface area contributed by atoms with Crippen LogP contribution < -0.4 is 4.90 Å². The number of carbonyl (C=O) groups is 1. The lowest BCUT2D eigenvalue weighted by molar-refractivity contribution is 0.0600. The number of rotatable bonds is 3. The lowest BCUT2D eigenvalue weighted by Crippen LogP contribution is -2.37. The number of benzene rings is 2. The lowest BCUT2D eigenvalue weighted by atomic mass is 9.98. The molecule has 1 aliphatic rings. The van der Waals surface area contributed by atoms with E-state index in [0.717, 1.165) is 45.0 Å². The number of carbonyl (C=O) groups excluding carboxylic acids is 1. The Hall–Kier alpha value is -2.08. The molecule has 0 spiro atoms. The maximum absolute atomic E-state index is 12.5. The molecule has 27 heavy (non-hydrogen) atoms. The van der Waals surface area contributed by atoms with E-state index in [1.54, 1.807) is 11.3 Å². The Balaban J connectivity index is 1.85. The zero-order chi connectivity index (χ0) is 19.0. The van der Waals surface area contributed by atoms with Gasteiger partial charge in [-0.05, 0) is 36.8 Å². The number of hydrogen-bond acceptors (Lipinski definition) is 5. The van der Waals surface area contributed by atoms with Gasteiger partial charge in [-0.1, -0.05) is 23.7 Å². The van der Waals surface area contributed by atoms with Crippen LogP contribution in [0.15, 0.2) is 36.4 Å². The fourth-order valence-corrected chi connectivity index (χ4v) is 4.96. The molecule has 1 aromatic heterocycles. The summed E-state index contributed by atoms with van der Waals surface area (Å²) in [5, 5.41) is 1.88. The average Bonchev–Trinajstić information content (AvgIpc) is 3.02. The summed E-state index contributed by atoms with van der Waals surface area (Å²) < 4.78 is 11.6. The van der Waals surface area contributed by atoms with E-state index in [0.29, 0.717) is 18.8 Å². The molecule has 0 unspecified atom stereocenters. The van der Waals surface area contributed by atoms with Crippen LogP contribution in [0.5, 0.6) is 0 Å². The molecule has 0 N–H and O–H groups in total. The molecule has 3 aromatic rings. The van der Waals surface area contributed by atoms with Crippen LogP contribution in [0.1, 0.15) is 15.2 Å². The van der Waals surface area contributed by atoms with Crippen molar-refractivity contribution in [1.82, 2.24) is 0 Å². The summed E-state index contributed by atoms with van der Waals surface area (Å²) in [7, 11) is 1.42. The van der Waals surface area contributed by atoms with Gasteiger partial charge in [0, 0.05) is 38.6 Å². The lowest BCUT2D eigenvalue weighted by Gasteiger charge is -2.30. The van der Waals surface area contributed by atoms with Crippen LogP contribution in [0.3, 0.4) is 0 Å². The summed E-state index contributed by atoms with van der Waals surface area (Å²) in [6, 6.07) is 12.0. The number of fused-ring (bicyclic) bond motifs is 1. The number of morpholine rings is 1. The number of anilines is 1. The Morgan fingerprint density at radius 1 is 1.19 bits per heavy atom. The van der Waals surface area contributed by atoms with Gasteiger partial charge in [-0.2, -0.15) is 0 Å². The summed E-state index contributed by atoms with van der Waals surface area (Å²) in [6.07, 6.45) is 0. The Labute approximate surface area is 167 Å². The van der Waals surface area contributed by atoms with Gasteiger partial charge >= 0.3 is 5.97 Å². The van der Waals surface area contributed by atoms with Crippen molar-refractivity contribution in [3.63, 3.8) is 0 Å². The van der Waals surface area contributed by atoms with Crippen LogP contribution in [-0.2, 0) is 9.47 Å². The number of methoxy groups -OCH3 is 1. The molecule has 0 bridgehead atoms. The SMILES string of the molecule is COC(=O)c1cc(-c2c(C)sc3cc(Cl)ccc23)ccc1N1CCOCC1. The third kappa shape index (κ3) is 3.43. The van der Waals surface area contributed by atoms with Gasteiger partial charge in [0.15, 0.2) is 0 Å². The summed E-state index contributed by atoms with van der Waals surface area (Å²) in [5.41, 5.74) is 3.64. The van der Waals surface area contributed by atoms with Gasteiger partial charge in [0.05, 0.1) is 31.6 Å². The Morgan fingerprint density at radius 3 is 2.70 bits per heavy atom. The minimum absolute atomic E-state index is 0.321. The first-order valence-corrected chi connectivity index (χ1v) is 10.0. The number of esters is 1. The molecule has 2 aromatic carbocycles. The molecule has 0 saturated carbocycles. The molecular formula is C21H20ClNO3S. The monoisotopic (exact) mass is 401 g/mol. The largest absolute Gasteiger partial charge is 0.465 e. The van der Waals surface area contributed by atoms with Crippen LogP contribution in [0.2, 0.25) is 5.02 Å². The number of hydrogen-bond donors (Lipinski definition) is 0. The number of ether oxygens (including phenoxy) is 2. The second-order valence-corrected chi connectivity index (χ2v) is 8.19. The van der Waals surface area contributed by atoms with E-state index in [2.05, 4.69) is 17.9 Å². The molecule has 0 amide bonds.